The van der Waals surface area contributed by atoms with Gasteiger partial charge in [0.15, 0.2) is 5.69 Å². The lowest BCUT2D eigenvalue weighted by atomic mass is 10.0. The molecule has 3 heterocycles. The lowest BCUT2D eigenvalue weighted by molar-refractivity contribution is -0.138. The number of hydrogen-bond acceptors (Lipinski definition) is 6. The minimum Gasteiger partial charge on any atom is -0.493 e. The van der Waals surface area contributed by atoms with Crippen LogP contribution in [0.25, 0.3) is 22.3 Å². The van der Waals surface area contributed by atoms with E-state index in [9.17, 15) is 18.4 Å². The van der Waals surface area contributed by atoms with Crippen LogP contribution in [-0.4, -0.2) is 39.7 Å². The molecule has 1 N–H and O–H groups in total. The van der Waals surface area contributed by atoms with Crippen LogP contribution in [0, 0.1) is 17.2 Å². The molecule has 0 bridgehead atoms. The SMILES string of the molecule is Cn1nnc2c(C#N)nc(-c3ccc(OCCC4CNC4)c(C(F)(F)F)c3)cc21. The van der Waals surface area contributed by atoms with Gasteiger partial charge in [-0.05, 0) is 49.7 Å². The van der Waals surface area contributed by atoms with E-state index in [4.69, 9.17) is 4.74 Å². The summed E-state index contributed by atoms with van der Waals surface area (Å²) in [4.78, 5) is 4.17. The number of fused-ring (bicyclic) bond motifs is 1. The summed E-state index contributed by atoms with van der Waals surface area (Å²) in [6.07, 6.45) is -3.89. The molecule has 1 aliphatic rings. The highest BCUT2D eigenvalue weighted by atomic mass is 19.4. The first kappa shape index (κ1) is 19.1. The molecular formula is C19H17F3N6O. The largest absolute Gasteiger partial charge is 0.493 e. The lowest BCUT2D eigenvalue weighted by Crippen LogP contribution is -2.42. The predicted octanol–water partition coefficient (Wildman–Crippen LogP) is 2.91. The normalized spacial score (nSPS) is 14.6. The molecular weight excluding hydrogens is 385 g/mol. The fourth-order valence-corrected chi connectivity index (χ4v) is 3.18. The number of nitrogens with one attached hydrogen (secondary N) is 1. The van der Waals surface area contributed by atoms with Gasteiger partial charge in [0.1, 0.15) is 17.3 Å². The van der Waals surface area contributed by atoms with E-state index in [2.05, 4.69) is 20.6 Å². The molecule has 1 fully saturated rings. The molecule has 1 aromatic carbocycles. The number of nitrogens with zero attached hydrogens (tertiary/aromatic N) is 5. The minimum atomic E-state index is -4.58. The van der Waals surface area contributed by atoms with Crippen molar-refractivity contribution in [2.45, 2.75) is 12.6 Å². The van der Waals surface area contributed by atoms with Crippen molar-refractivity contribution in [1.82, 2.24) is 25.3 Å². The van der Waals surface area contributed by atoms with Crippen LogP contribution in [0.1, 0.15) is 17.7 Å². The highest BCUT2D eigenvalue weighted by molar-refractivity contribution is 5.83. The smallest absolute Gasteiger partial charge is 0.419 e. The summed E-state index contributed by atoms with van der Waals surface area (Å²) in [5, 5.41) is 20.2. The second kappa shape index (κ2) is 7.33. The van der Waals surface area contributed by atoms with Crippen LogP contribution in [0.5, 0.6) is 5.75 Å². The maximum atomic E-state index is 13.6. The fourth-order valence-electron chi connectivity index (χ4n) is 3.18. The van der Waals surface area contributed by atoms with Crippen LogP contribution < -0.4 is 10.1 Å². The fraction of sp³-hybridized carbons (Fsp3) is 0.368. The number of alkyl halides is 3. The Bertz CT molecular complexity index is 1100. The predicted molar refractivity (Wildman–Crippen MR) is 97.9 cm³/mol. The third-order valence-electron chi connectivity index (χ3n) is 4.94. The summed E-state index contributed by atoms with van der Waals surface area (Å²) in [6.45, 7) is 1.96. The number of aromatic nitrogens is 4. The molecule has 2 aromatic heterocycles. The van der Waals surface area contributed by atoms with Crippen molar-refractivity contribution in [3.63, 3.8) is 0 Å². The Morgan fingerprint density at radius 1 is 1.31 bits per heavy atom. The Morgan fingerprint density at radius 3 is 2.76 bits per heavy atom. The molecule has 0 radical (unpaired) electrons. The zero-order chi connectivity index (χ0) is 20.6. The van der Waals surface area contributed by atoms with Gasteiger partial charge in [-0.25, -0.2) is 9.67 Å². The second-order valence-electron chi connectivity index (χ2n) is 6.92. The number of halogens is 3. The van der Waals surface area contributed by atoms with Gasteiger partial charge in [-0.1, -0.05) is 5.21 Å². The van der Waals surface area contributed by atoms with Crippen molar-refractivity contribution in [3.05, 3.63) is 35.5 Å². The molecule has 29 heavy (non-hydrogen) atoms. The highest BCUT2D eigenvalue weighted by Gasteiger charge is 2.35. The van der Waals surface area contributed by atoms with Gasteiger partial charge in [0.25, 0.3) is 0 Å². The molecule has 0 atom stereocenters. The third-order valence-corrected chi connectivity index (χ3v) is 4.94. The van der Waals surface area contributed by atoms with Gasteiger partial charge < -0.3 is 10.1 Å². The van der Waals surface area contributed by atoms with E-state index < -0.39 is 11.7 Å². The van der Waals surface area contributed by atoms with Gasteiger partial charge >= 0.3 is 6.18 Å². The monoisotopic (exact) mass is 402 g/mol. The van der Waals surface area contributed by atoms with E-state index in [1.807, 2.05) is 6.07 Å². The minimum absolute atomic E-state index is 0.00796. The summed E-state index contributed by atoms with van der Waals surface area (Å²) in [6, 6.07) is 7.30. The van der Waals surface area contributed by atoms with Crippen LogP contribution in [0.3, 0.4) is 0 Å². The van der Waals surface area contributed by atoms with Gasteiger partial charge in [0.05, 0.1) is 23.4 Å². The Labute approximate surface area is 164 Å². The van der Waals surface area contributed by atoms with Gasteiger partial charge in [-0.3, -0.25) is 0 Å². The zero-order valence-electron chi connectivity index (χ0n) is 15.5. The van der Waals surface area contributed by atoms with E-state index in [0.29, 0.717) is 23.4 Å². The van der Waals surface area contributed by atoms with Gasteiger partial charge in [0.2, 0.25) is 0 Å². The van der Waals surface area contributed by atoms with Crippen LogP contribution in [0.2, 0.25) is 0 Å². The Hall–Kier alpha value is -3.19. The number of pyridine rings is 1. The number of nitriles is 1. The highest BCUT2D eigenvalue weighted by Crippen LogP contribution is 2.39. The zero-order valence-corrected chi connectivity index (χ0v) is 15.5. The summed E-state index contributed by atoms with van der Waals surface area (Å²) in [5.74, 6) is 0.230. The first-order valence-electron chi connectivity index (χ1n) is 9.02. The molecule has 0 spiro atoms. The van der Waals surface area contributed by atoms with E-state index in [-0.39, 0.29) is 29.3 Å². The summed E-state index contributed by atoms with van der Waals surface area (Å²) >= 11 is 0. The molecule has 0 aliphatic carbocycles. The molecule has 7 nitrogen and oxygen atoms in total. The Morgan fingerprint density at radius 2 is 2.10 bits per heavy atom. The number of ether oxygens (including phenoxy) is 1. The van der Waals surface area contributed by atoms with Gasteiger partial charge in [-0.2, -0.15) is 18.4 Å². The van der Waals surface area contributed by atoms with Crippen molar-refractivity contribution >= 4 is 11.0 Å². The first-order valence-corrected chi connectivity index (χ1v) is 9.02. The summed E-state index contributed by atoms with van der Waals surface area (Å²) in [7, 11) is 1.63. The van der Waals surface area contributed by atoms with Gasteiger partial charge in [0, 0.05) is 12.6 Å². The van der Waals surface area contributed by atoms with Crippen molar-refractivity contribution < 1.29 is 17.9 Å². The average molecular weight is 402 g/mol. The van der Waals surface area contributed by atoms with Crippen molar-refractivity contribution in [2.24, 2.45) is 13.0 Å². The molecule has 0 unspecified atom stereocenters. The van der Waals surface area contributed by atoms with Gasteiger partial charge in [-0.15, -0.1) is 5.10 Å². The van der Waals surface area contributed by atoms with E-state index in [1.165, 1.54) is 16.8 Å². The third kappa shape index (κ3) is 3.73. The first-order chi connectivity index (χ1) is 13.9. The van der Waals surface area contributed by atoms with Crippen LogP contribution >= 0.6 is 0 Å². The van der Waals surface area contributed by atoms with Crippen LogP contribution in [0.15, 0.2) is 24.3 Å². The number of rotatable bonds is 5. The van der Waals surface area contributed by atoms with E-state index in [1.54, 1.807) is 13.1 Å². The topological polar surface area (TPSA) is 88.7 Å². The molecule has 3 aromatic rings. The second-order valence-corrected chi connectivity index (χ2v) is 6.92. The van der Waals surface area contributed by atoms with Crippen molar-refractivity contribution in [3.8, 4) is 23.1 Å². The van der Waals surface area contributed by atoms with Crippen LogP contribution in [0.4, 0.5) is 13.2 Å². The Kier molecular flexibility index (Phi) is 4.84. The average Bonchev–Trinajstić information content (AvgIpc) is 3.03. The number of benzene rings is 1. The molecule has 4 rings (SSSR count). The standard InChI is InChI=1S/C19H17F3N6O/c1-28-16-7-14(25-15(8-23)18(16)26-27-28)12-2-3-17(13(6-12)19(20,21)22)29-5-4-11-9-24-10-11/h2-3,6-7,11,24H,4-5,9-10H2,1H3. The summed E-state index contributed by atoms with van der Waals surface area (Å²) in [5.41, 5.74) is 0.415. The molecule has 0 amide bonds. The van der Waals surface area contributed by atoms with E-state index in [0.717, 1.165) is 19.2 Å². The molecule has 0 saturated carbocycles. The molecule has 1 aliphatic heterocycles. The van der Waals surface area contributed by atoms with E-state index >= 15 is 0 Å². The van der Waals surface area contributed by atoms with Crippen molar-refractivity contribution in [2.75, 3.05) is 19.7 Å². The Balaban J connectivity index is 1.70. The lowest BCUT2D eigenvalue weighted by Gasteiger charge is -2.27. The number of hydrogen-bond donors (Lipinski definition) is 1. The van der Waals surface area contributed by atoms with Crippen molar-refractivity contribution in [1.29, 1.82) is 5.26 Å². The van der Waals surface area contributed by atoms with Crippen LogP contribution in [-0.2, 0) is 13.2 Å². The quantitative estimate of drug-likeness (QED) is 0.706. The maximum Gasteiger partial charge on any atom is 0.419 e. The molecule has 10 heteroatoms. The molecule has 1 saturated heterocycles. The summed E-state index contributed by atoms with van der Waals surface area (Å²) < 4.78 is 47.8. The molecule has 150 valence electrons. The maximum absolute atomic E-state index is 13.6. The number of aryl methyl sites for hydroxylation is 1.